The largest absolute Gasteiger partial charge is 0.507 e. The third-order valence-electron chi connectivity index (χ3n) is 3.16. The molecule has 0 bridgehead atoms. The van der Waals surface area contributed by atoms with Crippen molar-refractivity contribution in [1.29, 1.82) is 0 Å². The molecule has 1 aliphatic rings. The molecule has 5 heteroatoms. The average Bonchev–Trinajstić information content (AvgIpc) is 2.32. The first-order chi connectivity index (χ1) is 8.56. The molecule has 98 valence electrons. The van der Waals surface area contributed by atoms with Gasteiger partial charge in [-0.25, -0.2) is 0 Å². The molecule has 1 aromatic rings. The predicted molar refractivity (Wildman–Crippen MR) is 78.8 cm³/mol. The van der Waals surface area contributed by atoms with Crippen molar-refractivity contribution in [1.82, 2.24) is 10.2 Å². The highest BCUT2D eigenvalue weighted by molar-refractivity contribution is 14.1. The van der Waals surface area contributed by atoms with E-state index in [4.69, 9.17) is 0 Å². The molecule has 0 radical (unpaired) electrons. The van der Waals surface area contributed by atoms with Crippen LogP contribution in [0.15, 0.2) is 18.2 Å². The Kier molecular flexibility index (Phi) is 4.45. The second kappa shape index (κ2) is 5.88. The van der Waals surface area contributed by atoms with Crippen LogP contribution in [0, 0.1) is 3.57 Å². The summed E-state index contributed by atoms with van der Waals surface area (Å²) < 4.78 is 0.941. The Morgan fingerprint density at radius 3 is 3.06 bits per heavy atom. The van der Waals surface area contributed by atoms with Crippen molar-refractivity contribution < 1.29 is 9.90 Å². The molecule has 1 aromatic carbocycles. The lowest BCUT2D eigenvalue weighted by Gasteiger charge is -2.30. The van der Waals surface area contributed by atoms with Gasteiger partial charge in [-0.1, -0.05) is 0 Å². The zero-order valence-corrected chi connectivity index (χ0v) is 12.5. The highest BCUT2D eigenvalue weighted by Crippen LogP contribution is 2.20. The van der Waals surface area contributed by atoms with Crippen LogP contribution >= 0.6 is 22.6 Å². The summed E-state index contributed by atoms with van der Waals surface area (Å²) in [6, 6.07) is 5.22. The molecule has 0 aromatic heterocycles. The van der Waals surface area contributed by atoms with E-state index in [1.807, 2.05) is 0 Å². The van der Waals surface area contributed by atoms with Crippen molar-refractivity contribution in [3.63, 3.8) is 0 Å². The lowest BCUT2D eigenvalue weighted by molar-refractivity contribution is 0.0910. The smallest absolute Gasteiger partial charge is 0.255 e. The van der Waals surface area contributed by atoms with E-state index >= 15 is 0 Å². The Bertz CT molecular complexity index is 451. The van der Waals surface area contributed by atoms with E-state index in [2.05, 4.69) is 39.9 Å². The molecule has 1 aliphatic heterocycles. The molecule has 1 amide bonds. The first-order valence-corrected chi connectivity index (χ1v) is 7.12. The van der Waals surface area contributed by atoms with E-state index in [0.29, 0.717) is 5.56 Å². The summed E-state index contributed by atoms with van der Waals surface area (Å²) in [4.78, 5) is 14.3. The predicted octanol–water partition coefficient (Wildman–Crippen LogP) is 1.82. The highest BCUT2D eigenvalue weighted by atomic mass is 127. The number of nitrogens with zero attached hydrogens (tertiary/aromatic N) is 1. The van der Waals surface area contributed by atoms with Crippen LogP contribution in [-0.2, 0) is 0 Å². The lowest BCUT2D eigenvalue weighted by atomic mass is 10.1. The summed E-state index contributed by atoms with van der Waals surface area (Å²) in [6.45, 7) is 1.96. The molecule has 1 saturated heterocycles. The number of hydrogen-bond donors (Lipinski definition) is 2. The van der Waals surface area contributed by atoms with Gasteiger partial charge in [-0.05, 0) is 67.2 Å². The lowest BCUT2D eigenvalue weighted by Crippen LogP contribution is -2.46. The number of benzene rings is 1. The number of phenolic OH excluding ortho intramolecular Hbond substituents is 1. The maximum absolute atomic E-state index is 12.1. The number of likely N-dealkylation sites (N-methyl/N-ethyl adjacent to an activating group) is 1. The molecule has 0 spiro atoms. The Morgan fingerprint density at radius 2 is 2.33 bits per heavy atom. The molecular weight excluding hydrogens is 343 g/mol. The van der Waals surface area contributed by atoms with E-state index in [0.717, 1.165) is 29.5 Å². The van der Waals surface area contributed by atoms with Gasteiger partial charge < -0.3 is 15.3 Å². The monoisotopic (exact) mass is 360 g/mol. The summed E-state index contributed by atoms with van der Waals surface area (Å²) in [5.74, 6) is -0.150. The number of carbonyl (C=O) groups is 1. The molecular formula is C13H17IN2O2. The van der Waals surface area contributed by atoms with Gasteiger partial charge in [0.15, 0.2) is 0 Å². The Hall–Kier alpha value is -0.820. The molecule has 2 rings (SSSR count). The second-order valence-corrected chi connectivity index (χ2v) is 5.98. The molecule has 1 heterocycles. The first-order valence-electron chi connectivity index (χ1n) is 6.04. The van der Waals surface area contributed by atoms with Gasteiger partial charge in [-0.3, -0.25) is 4.79 Å². The Balaban J connectivity index is 2.05. The fraction of sp³-hybridized carbons (Fsp3) is 0.462. The highest BCUT2D eigenvalue weighted by Gasteiger charge is 2.20. The van der Waals surface area contributed by atoms with Crippen molar-refractivity contribution in [2.75, 3.05) is 20.1 Å². The van der Waals surface area contributed by atoms with Crippen LogP contribution in [0.3, 0.4) is 0 Å². The molecule has 18 heavy (non-hydrogen) atoms. The Morgan fingerprint density at radius 1 is 1.56 bits per heavy atom. The maximum atomic E-state index is 12.1. The van der Waals surface area contributed by atoms with Gasteiger partial charge in [0.25, 0.3) is 5.91 Å². The van der Waals surface area contributed by atoms with E-state index in [1.54, 1.807) is 18.2 Å². The molecule has 0 aliphatic carbocycles. The quantitative estimate of drug-likeness (QED) is 0.792. The van der Waals surface area contributed by atoms with E-state index in [1.165, 1.54) is 0 Å². The van der Waals surface area contributed by atoms with Gasteiger partial charge in [-0.2, -0.15) is 0 Å². The summed E-state index contributed by atoms with van der Waals surface area (Å²) in [6.07, 6.45) is 2.10. The standard InChI is InChI=1S/C13H17IN2O2/c1-16-6-2-3-10(8-16)15-13(18)11-7-9(14)4-5-12(11)17/h4-5,7,10,17H,2-3,6,8H2,1H3,(H,15,18). The molecule has 1 fully saturated rings. The third kappa shape index (κ3) is 3.35. The van der Waals surface area contributed by atoms with Gasteiger partial charge in [0, 0.05) is 16.2 Å². The molecule has 1 atom stereocenters. The summed E-state index contributed by atoms with van der Waals surface area (Å²) in [5.41, 5.74) is 0.357. The topological polar surface area (TPSA) is 52.6 Å². The van der Waals surface area contributed by atoms with E-state index in [-0.39, 0.29) is 17.7 Å². The van der Waals surface area contributed by atoms with Crippen molar-refractivity contribution in [2.24, 2.45) is 0 Å². The van der Waals surface area contributed by atoms with Gasteiger partial charge in [0.2, 0.25) is 0 Å². The van der Waals surface area contributed by atoms with Crippen LogP contribution < -0.4 is 5.32 Å². The second-order valence-electron chi connectivity index (χ2n) is 4.74. The minimum Gasteiger partial charge on any atom is -0.507 e. The number of piperidine rings is 1. The fourth-order valence-corrected chi connectivity index (χ4v) is 2.73. The van der Waals surface area contributed by atoms with Crippen molar-refractivity contribution in [2.45, 2.75) is 18.9 Å². The van der Waals surface area contributed by atoms with Crippen LogP contribution in [0.4, 0.5) is 0 Å². The van der Waals surface area contributed by atoms with E-state index in [9.17, 15) is 9.90 Å². The first kappa shape index (κ1) is 13.6. The number of amides is 1. The number of likely N-dealkylation sites (tertiary alicyclic amines) is 1. The van der Waals surface area contributed by atoms with Crippen molar-refractivity contribution in [3.8, 4) is 5.75 Å². The third-order valence-corrected chi connectivity index (χ3v) is 3.83. The number of phenols is 1. The molecule has 0 saturated carbocycles. The molecule has 4 nitrogen and oxygen atoms in total. The van der Waals surface area contributed by atoms with Gasteiger partial charge in [0.1, 0.15) is 5.75 Å². The van der Waals surface area contributed by atoms with Crippen LogP contribution in [-0.4, -0.2) is 42.1 Å². The minimum absolute atomic E-state index is 0.0390. The number of halogens is 1. The number of nitrogens with one attached hydrogen (secondary N) is 1. The zero-order chi connectivity index (χ0) is 13.1. The van der Waals surface area contributed by atoms with Gasteiger partial charge in [0.05, 0.1) is 5.56 Å². The number of rotatable bonds is 2. The molecule has 1 unspecified atom stereocenters. The minimum atomic E-state index is -0.189. The number of aromatic hydroxyl groups is 1. The molecule has 2 N–H and O–H groups in total. The SMILES string of the molecule is CN1CCCC(NC(=O)c2cc(I)ccc2O)C1. The average molecular weight is 360 g/mol. The van der Waals surface area contributed by atoms with Crippen LogP contribution in [0.25, 0.3) is 0 Å². The normalized spacial score (nSPS) is 20.7. The van der Waals surface area contributed by atoms with Crippen LogP contribution in [0.1, 0.15) is 23.2 Å². The van der Waals surface area contributed by atoms with Crippen LogP contribution in [0.2, 0.25) is 0 Å². The number of carbonyl (C=O) groups excluding carboxylic acids is 1. The Labute approximate surface area is 121 Å². The van der Waals surface area contributed by atoms with Gasteiger partial charge in [-0.15, -0.1) is 0 Å². The number of hydrogen-bond acceptors (Lipinski definition) is 3. The zero-order valence-electron chi connectivity index (χ0n) is 10.3. The van der Waals surface area contributed by atoms with E-state index < -0.39 is 0 Å². The summed E-state index contributed by atoms with van der Waals surface area (Å²) in [7, 11) is 2.06. The van der Waals surface area contributed by atoms with Gasteiger partial charge >= 0.3 is 0 Å². The fourth-order valence-electron chi connectivity index (χ4n) is 2.24. The van der Waals surface area contributed by atoms with Crippen molar-refractivity contribution in [3.05, 3.63) is 27.3 Å². The summed E-state index contributed by atoms with van der Waals surface area (Å²) >= 11 is 2.13. The van der Waals surface area contributed by atoms with Crippen molar-refractivity contribution >= 4 is 28.5 Å². The maximum Gasteiger partial charge on any atom is 0.255 e. The summed E-state index contributed by atoms with van der Waals surface area (Å²) in [5, 5.41) is 12.7. The van der Waals surface area contributed by atoms with Crippen LogP contribution in [0.5, 0.6) is 5.75 Å².